The van der Waals surface area contributed by atoms with E-state index in [1.165, 1.54) is 31.3 Å². The fourth-order valence-electron chi connectivity index (χ4n) is 3.75. The van der Waals surface area contributed by atoms with E-state index in [9.17, 15) is 0 Å². The maximum absolute atomic E-state index is 2.55. The monoisotopic (exact) mass is 204 g/mol. The third-order valence-corrected chi connectivity index (χ3v) is 4.66. The molecular weight excluding hydrogens is 180 g/mol. The second kappa shape index (κ2) is 3.81. The minimum Gasteiger partial charge on any atom is -0.0859 e. The second-order valence-electron chi connectivity index (χ2n) is 5.97. The summed E-state index contributed by atoms with van der Waals surface area (Å²) in [6.45, 7) is 9.26. The minimum atomic E-state index is 0.593. The average molecular weight is 204 g/mol. The van der Waals surface area contributed by atoms with Crippen molar-refractivity contribution in [2.45, 2.75) is 53.4 Å². The van der Waals surface area contributed by atoms with Crippen molar-refractivity contribution in [1.29, 1.82) is 0 Å². The molecule has 0 aliphatic heterocycles. The SMILES string of the molecule is CC(C)=CCCC1(C)C2C=C(C)C1CC2. The van der Waals surface area contributed by atoms with Crippen LogP contribution in [-0.2, 0) is 0 Å². The van der Waals surface area contributed by atoms with Gasteiger partial charge in [0, 0.05) is 0 Å². The molecule has 0 aromatic heterocycles. The molecule has 2 aliphatic carbocycles. The molecule has 3 unspecified atom stereocenters. The highest BCUT2D eigenvalue weighted by molar-refractivity contribution is 5.25. The lowest BCUT2D eigenvalue weighted by Crippen LogP contribution is -2.23. The van der Waals surface area contributed by atoms with E-state index >= 15 is 0 Å². The average Bonchev–Trinajstić information content (AvgIpc) is 2.55. The lowest BCUT2D eigenvalue weighted by atomic mass is 9.74. The molecule has 0 radical (unpaired) electrons. The summed E-state index contributed by atoms with van der Waals surface area (Å²) in [5.41, 5.74) is 3.73. The summed E-state index contributed by atoms with van der Waals surface area (Å²) in [5, 5.41) is 0. The van der Waals surface area contributed by atoms with E-state index in [-0.39, 0.29) is 0 Å². The summed E-state index contributed by atoms with van der Waals surface area (Å²) in [7, 11) is 0. The zero-order valence-corrected chi connectivity index (χ0v) is 10.6. The Kier molecular flexibility index (Phi) is 2.79. The molecule has 0 saturated heterocycles. The molecule has 0 heterocycles. The van der Waals surface area contributed by atoms with Gasteiger partial charge in [0.25, 0.3) is 0 Å². The van der Waals surface area contributed by atoms with Gasteiger partial charge in [-0.3, -0.25) is 0 Å². The fourth-order valence-corrected chi connectivity index (χ4v) is 3.75. The number of fused-ring (bicyclic) bond motifs is 2. The Morgan fingerprint density at radius 3 is 2.67 bits per heavy atom. The third kappa shape index (κ3) is 1.79. The molecule has 0 heteroatoms. The standard InChI is InChI=1S/C15H24/c1-11(2)6-5-9-15(4)13-7-8-14(15)12(3)10-13/h6,10,13-14H,5,7-9H2,1-4H3. The maximum atomic E-state index is 2.55. The lowest BCUT2D eigenvalue weighted by molar-refractivity contribution is 0.218. The second-order valence-corrected chi connectivity index (χ2v) is 5.97. The van der Waals surface area contributed by atoms with Crippen molar-refractivity contribution in [2.24, 2.45) is 17.3 Å². The van der Waals surface area contributed by atoms with Crippen LogP contribution >= 0.6 is 0 Å². The predicted octanol–water partition coefficient (Wildman–Crippen LogP) is 4.73. The normalized spacial score (nSPS) is 38.0. The Bertz CT molecular complexity index is 304. The first-order valence-corrected chi connectivity index (χ1v) is 6.36. The third-order valence-electron chi connectivity index (χ3n) is 4.66. The van der Waals surface area contributed by atoms with E-state index in [2.05, 4.69) is 39.8 Å². The van der Waals surface area contributed by atoms with Crippen molar-refractivity contribution in [2.75, 3.05) is 0 Å². The van der Waals surface area contributed by atoms with Gasteiger partial charge in [-0.2, -0.15) is 0 Å². The smallest absolute Gasteiger partial charge is 0.0146 e. The van der Waals surface area contributed by atoms with Crippen LogP contribution in [0, 0.1) is 17.3 Å². The molecule has 15 heavy (non-hydrogen) atoms. The van der Waals surface area contributed by atoms with Gasteiger partial charge in [0.2, 0.25) is 0 Å². The van der Waals surface area contributed by atoms with Gasteiger partial charge >= 0.3 is 0 Å². The van der Waals surface area contributed by atoms with Crippen molar-refractivity contribution in [3.8, 4) is 0 Å². The molecule has 2 bridgehead atoms. The summed E-state index contributed by atoms with van der Waals surface area (Å²) in [6, 6.07) is 0. The largest absolute Gasteiger partial charge is 0.0859 e. The summed E-state index contributed by atoms with van der Waals surface area (Å²) in [6.07, 6.45) is 10.5. The number of rotatable bonds is 3. The van der Waals surface area contributed by atoms with Gasteiger partial charge in [-0.15, -0.1) is 0 Å². The van der Waals surface area contributed by atoms with Crippen LogP contribution in [0.2, 0.25) is 0 Å². The quantitative estimate of drug-likeness (QED) is 0.583. The highest BCUT2D eigenvalue weighted by Crippen LogP contribution is 2.59. The molecule has 2 rings (SSSR count). The van der Waals surface area contributed by atoms with Gasteiger partial charge in [0.1, 0.15) is 0 Å². The first-order valence-electron chi connectivity index (χ1n) is 6.36. The van der Waals surface area contributed by atoms with Gasteiger partial charge in [0.05, 0.1) is 0 Å². The van der Waals surface area contributed by atoms with Crippen molar-refractivity contribution in [1.82, 2.24) is 0 Å². The molecule has 0 amide bonds. The number of hydrogen-bond acceptors (Lipinski definition) is 0. The van der Waals surface area contributed by atoms with Crippen LogP contribution in [0.25, 0.3) is 0 Å². The summed E-state index contributed by atoms with van der Waals surface area (Å²) in [4.78, 5) is 0. The van der Waals surface area contributed by atoms with Gasteiger partial charge < -0.3 is 0 Å². The first kappa shape index (κ1) is 11.0. The molecule has 0 aromatic carbocycles. The number of allylic oxidation sites excluding steroid dienone is 4. The van der Waals surface area contributed by atoms with E-state index in [0.29, 0.717) is 5.41 Å². The van der Waals surface area contributed by atoms with E-state index in [0.717, 1.165) is 11.8 Å². The van der Waals surface area contributed by atoms with Crippen LogP contribution in [0.4, 0.5) is 0 Å². The fraction of sp³-hybridized carbons (Fsp3) is 0.733. The van der Waals surface area contributed by atoms with E-state index in [4.69, 9.17) is 0 Å². The van der Waals surface area contributed by atoms with Crippen LogP contribution in [-0.4, -0.2) is 0 Å². The summed E-state index contributed by atoms with van der Waals surface area (Å²) < 4.78 is 0. The van der Waals surface area contributed by atoms with Crippen LogP contribution < -0.4 is 0 Å². The summed E-state index contributed by atoms with van der Waals surface area (Å²) >= 11 is 0. The Morgan fingerprint density at radius 2 is 2.20 bits per heavy atom. The van der Waals surface area contributed by atoms with Crippen molar-refractivity contribution in [3.05, 3.63) is 23.3 Å². The maximum Gasteiger partial charge on any atom is -0.0146 e. The molecule has 0 spiro atoms. The predicted molar refractivity (Wildman–Crippen MR) is 66.7 cm³/mol. The molecule has 0 N–H and O–H groups in total. The molecular formula is C15H24. The summed E-state index contributed by atoms with van der Waals surface area (Å²) in [5.74, 6) is 1.78. The lowest BCUT2D eigenvalue weighted by Gasteiger charge is -2.30. The Labute approximate surface area is 94.5 Å². The Balaban J connectivity index is 2.01. The molecule has 1 saturated carbocycles. The van der Waals surface area contributed by atoms with E-state index in [1.807, 2.05) is 0 Å². The number of hydrogen-bond donors (Lipinski definition) is 0. The van der Waals surface area contributed by atoms with Gasteiger partial charge in [-0.25, -0.2) is 0 Å². The molecule has 2 aliphatic rings. The zero-order chi connectivity index (χ0) is 11.1. The molecule has 0 aromatic rings. The highest BCUT2D eigenvalue weighted by Gasteiger charge is 2.49. The topological polar surface area (TPSA) is 0 Å². The van der Waals surface area contributed by atoms with E-state index < -0.39 is 0 Å². The molecule has 1 fully saturated rings. The molecule has 0 nitrogen and oxygen atoms in total. The highest BCUT2D eigenvalue weighted by atomic mass is 14.5. The molecule has 3 atom stereocenters. The van der Waals surface area contributed by atoms with E-state index in [1.54, 1.807) is 5.57 Å². The van der Waals surface area contributed by atoms with Gasteiger partial charge in [-0.1, -0.05) is 30.2 Å². The first-order chi connectivity index (χ1) is 7.04. The van der Waals surface area contributed by atoms with Crippen molar-refractivity contribution < 1.29 is 0 Å². The minimum absolute atomic E-state index is 0.593. The van der Waals surface area contributed by atoms with Crippen molar-refractivity contribution >= 4 is 0 Å². The van der Waals surface area contributed by atoms with Gasteiger partial charge in [-0.05, 0) is 63.7 Å². The van der Waals surface area contributed by atoms with Crippen LogP contribution in [0.15, 0.2) is 23.3 Å². The van der Waals surface area contributed by atoms with Crippen LogP contribution in [0.3, 0.4) is 0 Å². The Hall–Kier alpha value is -0.520. The zero-order valence-electron chi connectivity index (χ0n) is 10.6. The van der Waals surface area contributed by atoms with Gasteiger partial charge in [0.15, 0.2) is 0 Å². The van der Waals surface area contributed by atoms with Crippen LogP contribution in [0.1, 0.15) is 53.4 Å². The Morgan fingerprint density at radius 1 is 1.47 bits per heavy atom. The van der Waals surface area contributed by atoms with Crippen LogP contribution in [0.5, 0.6) is 0 Å². The van der Waals surface area contributed by atoms with Crippen molar-refractivity contribution in [3.63, 3.8) is 0 Å². The molecule has 84 valence electrons.